The van der Waals surface area contributed by atoms with Crippen molar-refractivity contribution < 1.29 is 0 Å². The third kappa shape index (κ3) is 2.98. The normalized spacial score (nSPS) is 17.2. The molecule has 1 aliphatic rings. The maximum absolute atomic E-state index is 7.29. The number of amidine groups is 1. The number of aromatic nitrogens is 1. The van der Waals surface area contributed by atoms with Gasteiger partial charge in [0.05, 0.1) is 5.03 Å². The molecule has 0 unspecified atom stereocenters. The maximum atomic E-state index is 7.29. The van der Waals surface area contributed by atoms with Crippen molar-refractivity contribution in [2.75, 3.05) is 0 Å². The molecule has 0 radical (unpaired) electrons. The van der Waals surface area contributed by atoms with Gasteiger partial charge < -0.3 is 5.73 Å². The second-order valence-electron chi connectivity index (χ2n) is 4.18. The first-order valence-corrected chi connectivity index (χ1v) is 6.61. The summed E-state index contributed by atoms with van der Waals surface area (Å²) >= 11 is 1.86. The first kappa shape index (κ1) is 11.5. The summed E-state index contributed by atoms with van der Waals surface area (Å²) in [5.74, 6) is 0.0849. The average molecular weight is 235 g/mol. The van der Waals surface area contributed by atoms with E-state index in [1.165, 1.54) is 32.1 Å². The molecule has 0 saturated heterocycles. The molecule has 0 spiro atoms. The quantitative estimate of drug-likeness (QED) is 0.625. The van der Waals surface area contributed by atoms with Crippen molar-refractivity contribution in [2.45, 2.75) is 42.4 Å². The Morgan fingerprint density at radius 3 is 2.62 bits per heavy atom. The molecule has 0 aliphatic heterocycles. The summed E-state index contributed by atoms with van der Waals surface area (Å²) in [5, 5.41) is 9.07. The zero-order chi connectivity index (χ0) is 11.4. The Balaban J connectivity index is 1.96. The lowest BCUT2D eigenvalue weighted by atomic mass is 10.0. The van der Waals surface area contributed by atoms with Crippen molar-refractivity contribution in [1.29, 1.82) is 5.41 Å². The summed E-state index contributed by atoms with van der Waals surface area (Å²) in [6.45, 7) is 0. The molecule has 1 aromatic rings. The summed E-state index contributed by atoms with van der Waals surface area (Å²) in [6, 6.07) is 3.84. The largest absolute Gasteiger partial charge is 0.384 e. The number of hydrogen-bond acceptors (Lipinski definition) is 3. The highest BCUT2D eigenvalue weighted by molar-refractivity contribution is 7.99. The Hall–Kier alpha value is -1.03. The average Bonchev–Trinajstić information content (AvgIpc) is 2.31. The Bertz CT molecular complexity index is 355. The molecule has 0 bridgehead atoms. The van der Waals surface area contributed by atoms with Crippen LogP contribution < -0.4 is 5.73 Å². The van der Waals surface area contributed by atoms with E-state index in [-0.39, 0.29) is 5.84 Å². The molecule has 4 heteroatoms. The second kappa shape index (κ2) is 5.34. The fraction of sp³-hybridized carbons (Fsp3) is 0.500. The van der Waals surface area contributed by atoms with Crippen LogP contribution in [0, 0.1) is 5.41 Å². The number of hydrogen-bond donors (Lipinski definition) is 2. The van der Waals surface area contributed by atoms with Crippen molar-refractivity contribution in [3.05, 3.63) is 23.9 Å². The lowest BCUT2D eigenvalue weighted by Gasteiger charge is -2.20. The van der Waals surface area contributed by atoms with E-state index in [4.69, 9.17) is 11.1 Å². The van der Waals surface area contributed by atoms with E-state index in [2.05, 4.69) is 4.98 Å². The molecule has 0 amide bonds. The van der Waals surface area contributed by atoms with Gasteiger partial charge in [0.1, 0.15) is 5.84 Å². The topological polar surface area (TPSA) is 62.8 Å². The third-order valence-corrected chi connectivity index (χ3v) is 4.17. The minimum Gasteiger partial charge on any atom is -0.384 e. The summed E-state index contributed by atoms with van der Waals surface area (Å²) in [6.07, 6.45) is 8.38. The zero-order valence-electron chi connectivity index (χ0n) is 9.28. The maximum Gasteiger partial charge on any atom is 0.124 e. The number of nitrogen functional groups attached to an aromatic ring is 1. The van der Waals surface area contributed by atoms with Crippen molar-refractivity contribution in [1.82, 2.24) is 4.98 Å². The Morgan fingerprint density at radius 2 is 2.06 bits per heavy atom. The molecule has 1 aliphatic carbocycles. The molecular weight excluding hydrogens is 218 g/mol. The van der Waals surface area contributed by atoms with Crippen molar-refractivity contribution in [3.8, 4) is 0 Å². The van der Waals surface area contributed by atoms with Crippen LogP contribution in [0.15, 0.2) is 23.4 Å². The van der Waals surface area contributed by atoms with Gasteiger partial charge in [-0.2, -0.15) is 0 Å². The minimum absolute atomic E-state index is 0.0849. The smallest absolute Gasteiger partial charge is 0.124 e. The molecular formula is C12H17N3S. The molecule has 16 heavy (non-hydrogen) atoms. The summed E-state index contributed by atoms with van der Waals surface area (Å²) in [4.78, 5) is 4.34. The van der Waals surface area contributed by atoms with Crippen LogP contribution in [-0.4, -0.2) is 16.1 Å². The van der Waals surface area contributed by atoms with Crippen LogP contribution in [0.4, 0.5) is 0 Å². The second-order valence-corrected chi connectivity index (χ2v) is 5.50. The first-order valence-electron chi connectivity index (χ1n) is 5.73. The van der Waals surface area contributed by atoms with E-state index in [0.29, 0.717) is 5.56 Å². The molecule has 1 aromatic heterocycles. The number of rotatable bonds is 3. The van der Waals surface area contributed by atoms with Gasteiger partial charge in [-0.15, -0.1) is 11.8 Å². The third-order valence-electron chi connectivity index (χ3n) is 2.89. The van der Waals surface area contributed by atoms with Gasteiger partial charge in [-0.25, -0.2) is 4.98 Å². The Morgan fingerprint density at radius 1 is 1.31 bits per heavy atom. The first-order chi connectivity index (χ1) is 7.75. The van der Waals surface area contributed by atoms with E-state index in [9.17, 15) is 0 Å². The highest BCUT2D eigenvalue weighted by Gasteiger charge is 2.15. The Kier molecular flexibility index (Phi) is 3.83. The van der Waals surface area contributed by atoms with Crippen LogP contribution in [0.3, 0.4) is 0 Å². The van der Waals surface area contributed by atoms with Crippen LogP contribution in [0.5, 0.6) is 0 Å². The van der Waals surface area contributed by atoms with Crippen LogP contribution in [0.1, 0.15) is 37.7 Å². The Labute approximate surface area is 100 Å². The molecule has 0 aromatic carbocycles. The predicted molar refractivity (Wildman–Crippen MR) is 68.0 cm³/mol. The van der Waals surface area contributed by atoms with Crippen molar-refractivity contribution in [3.63, 3.8) is 0 Å². The number of thioether (sulfide) groups is 1. The van der Waals surface area contributed by atoms with Crippen LogP contribution in [0.25, 0.3) is 0 Å². The van der Waals surface area contributed by atoms with Gasteiger partial charge in [0, 0.05) is 17.0 Å². The molecule has 1 saturated carbocycles. The zero-order valence-corrected chi connectivity index (χ0v) is 10.1. The fourth-order valence-electron chi connectivity index (χ4n) is 1.96. The van der Waals surface area contributed by atoms with Crippen LogP contribution in [-0.2, 0) is 0 Å². The molecule has 86 valence electrons. The van der Waals surface area contributed by atoms with Crippen molar-refractivity contribution >= 4 is 17.6 Å². The van der Waals surface area contributed by atoms with Gasteiger partial charge in [0.15, 0.2) is 0 Å². The molecule has 3 N–H and O–H groups in total. The van der Waals surface area contributed by atoms with E-state index < -0.39 is 0 Å². The number of pyridine rings is 1. The molecule has 3 nitrogen and oxygen atoms in total. The summed E-state index contributed by atoms with van der Waals surface area (Å²) < 4.78 is 0. The highest BCUT2D eigenvalue weighted by Crippen LogP contribution is 2.32. The van der Waals surface area contributed by atoms with Crippen LogP contribution in [0.2, 0.25) is 0 Å². The fourth-order valence-corrected chi connectivity index (χ4v) is 3.13. The van der Waals surface area contributed by atoms with E-state index >= 15 is 0 Å². The number of nitrogens with one attached hydrogen (secondary N) is 1. The molecule has 1 fully saturated rings. The molecule has 2 rings (SSSR count). The van der Waals surface area contributed by atoms with Crippen molar-refractivity contribution in [2.24, 2.45) is 5.73 Å². The molecule has 0 atom stereocenters. The number of nitrogens with zero attached hydrogens (tertiary/aromatic N) is 1. The van der Waals surface area contributed by atoms with Gasteiger partial charge in [0.2, 0.25) is 0 Å². The van der Waals surface area contributed by atoms with Gasteiger partial charge >= 0.3 is 0 Å². The summed E-state index contributed by atoms with van der Waals surface area (Å²) in [7, 11) is 0. The highest BCUT2D eigenvalue weighted by atomic mass is 32.2. The predicted octanol–water partition coefficient (Wildman–Crippen LogP) is 2.79. The van der Waals surface area contributed by atoms with E-state index in [0.717, 1.165) is 10.3 Å². The standard InChI is InChI=1S/C12H17N3S/c13-12(14)9-6-7-11(15-8-9)16-10-4-2-1-3-5-10/h6-8,10H,1-5H2,(H3,13,14). The van der Waals surface area contributed by atoms with Gasteiger partial charge in [-0.3, -0.25) is 5.41 Å². The van der Waals surface area contributed by atoms with Gasteiger partial charge in [0.25, 0.3) is 0 Å². The SMILES string of the molecule is N=C(N)c1ccc(SC2CCCCC2)nc1. The van der Waals surface area contributed by atoms with E-state index in [1.54, 1.807) is 6.20 Å². The monoisotopic (exact) mass is 235 g/mol. The minimum atomic E-state index is 0.0849. The van der Waals surface area contributed by atoms with Crippen LogP contribution >= 0.6 is 11.8 Å². The molecule has 1 heterocycles. The van der Waals surface area contributed by atoms with Gasteiger partial charge in [-0.05, 0) is 25.0 Å². The number of nitrogens with two attached hydrogens (primary N) is 1. The lowest BCUT2D eigenvalue weighted by molar-refractivity contribution is 0.516. The van der Waals surface area contributed by atoms with E-state index in [1.807, 2.05) is 23.9 Å². The lowest BCUT2D eigenvalue weighted by Crippen LogP contribution is -2.11. The summed E-state index contributed by atoms with van der Waals surface area (Å²) in [5.41, 5.74) is 6.09. The van der Waals surface area contributed by atoms with Gasteiger partial charge in [-0.1, -0.05) is 19.3 Å².